The molecule has 1 fully saturated rings. The second-order valence-electron chi connectivity index (χ2n) is 7.56. The fourth-order valence-corrected chi connectivity index (χ4v) is 4.16. The Labute approximate surface area is 179 Å². The number of nitrogens with two attached hydrogens (primary N) is 1. The molecule has 1 aliphatic carbocycles. The van der Waals surface area contributed by atoms with Gasteiger partial charge in [0.05, 0.1) is 23.1 Å². The van der Waals surface area contributed by atoms with Crippen molar-refractivity contribution in [2.45, 2.75) is 44.8 Å². The van der Waals surface area contributed by atoms with E-state index in [1.807, 2.05) is 13.1 Å². The number of pyridine rings is 1. The van der Waals surface area contributed by atoms with Crippen LogP contribution in [-0.4, -0.2) is 31.6 Å². The molecule has 30 heavy (non-hydrogen) atoms. The molecule has 1 aliphatic rings. The maximum absolute atomic E-state index is 13.2. The van der Waals surface area contributed by atoms with Gasteiger partial charge in [-0.3, -0.25) is 4.40 Å². The summed E-state index contributed by atoms with van der Waals surface area (Å²) in [4.78, 5) is 17.4. The standard InChI is InChI=1S/C20H20BrF3N6/c1-11-7-27-19(28-8-12-2-4-13(25)5-3-12)29-18(11)16-9-26-17-6-14(20(22,23)24)15(21)10-30(16)17/h6-10,12-13H,2-5,25H2,1H3/b28-8+. The van der Waals surface area contributed by atoms with Crippen molar-refractivity contribution in [1.82, 2.24) is 19.4 Å². The molecule has 0 amide bonds. The van der Waals surface area contributed by atoms with Crippen molar-refractivity contribution >= 4 is 33.7 Å². The maximum atomic E-state index is 13.2. The van der Waals surface area contributed by atoms with Gasteiger partial charge in [-0.1, -0.05) is 0 Å². The van der Waals surface area contributed by atoms with Crippen LogP contribution in [0, 0.1) is 12.8 Å². The third kappa shape index (κ3) is 4.24. The summed E-state index contributed by atoms with van der Waals surface area (Å²) in [5.41, 5.74) is 7.26. The Bertz CT molecular complexity index is 1100. The molecule has 4 rings (SSSR count). The van der Waals surface area contributed by atoms with Crippen molar-refractivity contribution in [3.63, 3.8) is 0 Å². The van der Waals surface area contributed by atoms with E-state index in [1.54, 1.807) is 10.6 Å². The van der Waals surface area contributed by atoms with Crippen molar-refractivity contribution in [2.24, 2.45) is 16.6 Å². The van der Waals surface area contributed by atoms with E-state index in [1.165, 1.54) is 12.4 Å². The van der Waals surface area contributed by atoms with Gasteiger partial charge in [-0.15, -0.1) is 0 Å². The Balaban J connectivity index is 1.68. The fraction of sp³-hybridized carbons (Fsp3) is 0.400. The summed E-state index contributed by atoms with van der Waals surface area (Å²) in [7, 11) is 0. The maximum Gasteiger partial charge on any atom is 0.417 e. The lowest BCUT2D eigenvalue weighted by Gasteiger charge is -2.22. The molecular formula is C20H20BrF3N6. The second kappa shape index (κ2) is 8.07. The molecule has 10 heteroatoms. The van der Waals surface area contributed by atoms with Crippen molar-refractivity contribution in [3.8, 4) is 11.4 Å². The minimum absolute atomic E-state index is 0.0674. The number of aryl methyl sites for hydroxylation is 1. The molecule has 0 spiro atoms. The van der Waals surface area contributed by atoms with Gasteiger partial charge in [0, 0.05) is 29.1 Å². The molecule has 0 unspecified atom stereocenters. The van der Waals surface area contributed by atoms with E-state index in [0.29, 0.717) is 23.3 Å². The Hall–Kier alpha value is -2.33. The van der Waals surface area contributed by atoms with E-state index >= 15 is 0 Å². The number of hydrogen-bond acceptors (Lipinski definition) is 5. The fourth-order valence-electron chi connectivity index (χ4n) is 3.61. The third-order valence-electron chi connectivity index (χ3n) is 5.32. The van der Waals surface area contributed by atoms with E-state index in [4.69, 9.17) is 5.73 Å². The van der Waals surface area contributed by atoms with Crippen LogP contribution in [0.15, 0.2) is 34.1 Å². The summed E-state index contributed by atoms with van der Waals surface area (Å²) in [6.45, 7) is 1.84. The average molecular weight is 481 g/mol. The van der Waals surface area contributed by atoms with E-state index in [2.05, 4.69) is 35.9 Å². The Morgan fingerprint density at radius 3 is 2.63 bits per heavy atom. The zero-order valence-corrected chi connectivity index (χ0v) is 17.8. The van der Waals surface area contributed by atoms with E-state index < -0.39 is 11.7 Å². The molecule has 1 saturated carbocycles. The first kappa shape index (κ1) is 20.9. The van der Waals surface area contributed by atoms with Crippen LogP contribution < -0.4 is 5.73 Å². The zero-order chi connectivity index (χ0) is 21.5. The summed E-state index contributed by atoms with van der Waals surface area (Å²) in [5.74, 6) is 0.664. The summed E-state index contributed by atoms with van der Waals surface area (Å²) >= 11 is 3.02. The monoisotopic (exact) mass is 480 g/mol. The van der Waals surface area contributed by atoms with Gasteiger partial charge in [0.2, 0.25) is 5.95 Å². The highest BCUT2D eigenvalue weighted by molar-refractivity contribution is 9.10. The number of imidazole rings is 1. The molecule has 0 bridgehead atoms. The molecule has 3 aromatic heterocycles. The number of hydrogen-bond donors (Lipinski definition) is 1. The van der Waals surface area contributed by atoms with Crippen LogP contribution in [0.5, 0.6) is 0 Å². The molecular weight excluding hydrogens is 461 g/mol. The molecule has 6 nitrogen and oxygen atoms in total. The summed E-state index contributed by atoms with van der Waals surface area (Å²) < 4.78 is 41.0. The lowest BCUT2D eigenvalue weighted by atomic mass is 9.87. The second-order valence-corrected chi connectivity index (χ2v) is 8.41. The summed E-state index contributed by atoms with van der Waals surface area (Å²) in [6.07, 6.45) is 5.87. The number of aromatic nitrogens is 4. The molecule has 3 heterocycles. The molecule has 2 N–H and O–H groups in total. The minimum Gasteiger partial charge on any atom is -0.328 e. The molecule has 0 aliphatic heterocycles. The Kier molecular flexibility index (Phi) is 5.63. The molecule has 158 valence electrons. The van der Waals surface area contributed by atoms with Crippen LogP contribution in [0.3, 0.4) is 0 Å². The van der Waals surface area contributed by atoms with Crippen molar-refractivity contribution < 1.29 is 13.2 Å². The summed E-state index contributed by atoms with van der Waals surface area (Å²) in [5, 5.41) is 0. The highest BCUT2D eigenvalue weighted by Gasteiger charge is 2.34. The van der Waals surface area contributed by atoms with Gasteiger partial charge in [-0.2, -0.15) is 13.2 Å². The lowest BCUT2D eigenvalue weighted by Crippen LogP contribution is -2.26. The van der Waals surface area contributed by atoms with Crippen molar-refractivity contribution in [1.29, 1.82) is 0 Å². The number of alkyl halides is 3. The van der Waals surface area contributed by atoms with Crippen molar-refractivity contribution in [2.75, 3.05) is 0 Å². The summed E-state index contributed by atoms with van der Waals surface area (Å²) in [6, 6.07) is 1.28. The molecule has 0 aromatic carbocycles. The SMILES string of the molecule is Cc1cnc(/N=C/C2CCC(N)CC2)nc1-c1cnc2cc(C(F)(F)F)c(Br)cn12. The number of nitrogens with zero attached hydrogens (tertiary/aromatic N) is 5. The molecule has 0 radical (unpaired) electrons. The van der Waals surface area contributed by atoms with Gasteiger partial charge in [0.25, 0.3) is 0 Å². The zero-order valence-electron chi connectivity index (χ0n) is 16.2. The van der Waals surface area contributed by atoms with Crippen LogP contribution in [0.2, 0.25) is 0 Å². The van der Waals surface area contributed by atoms with Gasteiger partial charge < -0.3 is 5.73 Å². The number of rotatable bonds is 3. The van der Waals surface area contributed by atoms with Crippen LogP contribution in [0.25, 0.3) is 17.0 Å². The normalized spacial score (nSPS) is 20.3. The molecule has 3 aromatic rings. The molecule has 0 saturated heterocycles. The van der Waals surface area contributed by atoms with E-state index in [9.17, 15) is 13.2 Å². The Morgan fingerprint density at radius 1 is 1.20 bits per heavy atom. The van der Waals surface area contributed by atoms with E-state index in [0.717, 1.165) is 37.3 Å². The first-order chi connectivity index (χ1) is 14.2. The number of halogens is 4. The van der Waals surface area contributed by atoms with Crippen LogP contribution in [-0.2, 0) is 6.18 Å². The Morgan fingerprint density at radius 2 is 1.93 bits per heavy atom. The van der Waals surface area contributed by atoms with Gasteiger partial charge in [-0.05, 0) is 66.1 Å². The van der Waals surface area contributed by atoms with Gasteiger partial charge in [-0.25, -0.2) is 19.9 Å². The average Bonchev–Trinajstić information content (AvgIpc) is 3.10. The number of fused-ring (bicyclic) bond motifs is 1. The van der Waals surface area contributed by atoms with Crippen LogP contribution >= 0.6 is 15.9 Å². The lowest BCUT2D eigenvalue weighted by molar-refractivity contribution is -0.138. The van der Waals surface area contributed by atoms with E-state index in [-0.39, 0.29) is 16.2 Å². The third-order valence-corrected chi connectivity index (χ3v) is 5.95. The van der Waals surface area contributed by atoms with Crippen LogP contribution in [0.1, 0.15) is 36.8 Å². The van der Waals surface area contributed by atoms with Gasteiger partial charge >= 0.3 is 6.18 Å². The highest BCUT2D eigenvalue weighted by atomic mass is 79.9. The highest BCUT2D eigenvalue weighted by Crippen LogP contribution is 2.36. The predicted molar refractivity (Wildman–Crippen MR) is 112 cm³/mol. The topological polar surface area (TPSA) is 81.5 Å². The first-order valence-electron chi connectivity index (χ1n) is 9.60. The quantitative estimate of drug-likeness (QED) is 0.528. The van der Waals surface area contributed by atoms with Crippen molar-refractivity contribution in [3.05, 3.63) is 40.3 Å². The molecule has 0 atom stereocenters. The van der Waals surface area contributed by atoms with Crippen LogP contribution in [0.4, 0.5) is 19.1 Å². The predicted octanol–water partition coefficient (Wildman–Crippen LogP) is 5.10. The van der Waals surface area contributed by atoms with Gasteiger partial charge in [0.15, 0.2) is 0 Å². The van der Waals surface area contributed by atoms with Gasteiger partial charge in [0.1, 0.15) is 5.65 Å². The largest absolute Gasteiger partial charge is 0.417 e. The number of aliphatic imine (C=N–C) groups is 1. The first-order valence-corrected chi connectivity index (χ1v) is 10.4. The smallest absolute Gasteiger partial charge is 0.328 e. The minimum atomic E-state index is -4.47.